The van der Waals surface area contributed by atoms with Gasteiger partial charge in [0.25, 0.3) is 0 Å². The molecule has 2 N–H and O–H groups in total. The molecule has 0 saturated carbocycles. The summed E-state index contributed by atoms with van der Waals surface area (Å²) in [5.41, 5.74) is 7.79. The van der Waals surface area contributed by atoms with Crippen LogP contribution in [0, 0.1) is 11.3 Å². The highest BCUT2D eigenvalue weighted by Gasteiger charge is 2.23. The molecular weight excluding hydrogens is 250 g/mol. The van der Waals surface area contributed by atoms with Crippen LogP contribution in [0.4, 0.5) is 5.69 Å². The van der Waals surface area contributed by atoms with Crippen LogP contribution in [0.5, 0.6) is 0 Å². The van der Waals surface area contributed by atoms with E-state index in [4.69, 9.17) is 11.0 Å². The van der Waals surface area contributed by atoms with Crippen molar-refractivity contribution in [1.82, 2.24) is 0 Å². The van der Waals surface area contributed by atoms with Gasteiger partial charge in [-0.1, -0.05) is 6.07 Å². The van der Waals surface area contributed by atoms with E-state index < -0.39 is 9.84 Å². The zero-order valence-electron chi connectivity index (χ0n) is 9.96. The minimum absolute atomic E-state index is 0.149. The molecule has 6 heteroatoms. The molecule has 0 radical (unpaired) electrons. The molecule has 2 rings (SSSR count). The molecule has 0 atom stereocenters. The Morgan fingerprint density at radius 2 is 2.00 bits per heavy atom. The summed E-state index contributed by atoms with van der Waals surface area (Å²) in [6.45, 7) is 1.28. The van der Waals surface area contributed by atoms with Gasteiger partial charge in [-0.3, -0.25) is 0 Å². The highest BCUT2D eigenvalue weighted by molar-refractivity contribution is 7.91. The summed E-state index contributed by atoms with van der Waals surface area (Å²) < 4.78 is 22.7. The predicted octanol–water partition coefficient (Wildman–Crippen LogP) is 0.252. The molecule has 0 unspecified atom stereocenters. The van der Waals surface area contributed by atoms with Crippen LogP contribution in [0.3, 0.4) is 0 Å². The number of nitriles is 1. The molecular formula is C12H15N3O2S. The first kappa shape index (κ1) is 12.9. The minimum Gasteiger partial charge on any atom is -0.368 e. The number of hydrogen-bond acceptors (Lipinski definition) is 5. The maximum absolute atomic E-state index is 11.4. The van der Waals surface area contributed by atoms with Gasteiger partial charge in [-0.05, 0) is 17.7 Å². The van der Waals surface area contributed by atoms with Crippen LogP contribution in [-0.4, -0.2) is 33.0 Å². The number of nitrogens with zero attached hydrogens (tertiary/aromatic N) is 2. The van der Waals surface area contributed by atoms with E-state index in [0.717, 1.165) is 11.3 Å². The Morgan fingerprint density at radius 3 is 2.56 bits per heavy atom. The SMILES string of the molecule is N#Cc1cc(CN)ccc1N1CCS(=O)(=O)CC1. The average molecular weight is 265 g/mol. The molecule has 0 aromatic heterocycles. The third-order valence-electron chi connectivity index (χ3n) is 3.10. The monoisotopic (exact) mass is 265 g/mol. The van der Waals surface area contributed by atoms with Gasteiger partial charge in [-0.15, -0.1) is 0 Å². The molecule has 1 heterocycles. The maximum atomic E-state index is 11.4. The van der Waals surface area contributed by atoms with Crippen LogP contribution < -0.4 is 10.6 Å². The van der Waals surface area contributed by atoms with Gasteiger partial charge < -0.3 is 10.6 Å². The summed E-state index contributed by atoms with van der Waals surface area (Å²) in [4.78, 5) is 1.94. The van der Waals surface area contributed by atoms with Crippen molar-refractivity contribution >= 4 is 15.5 Å². The highest BCUT2D eigenvalue weighted by atomic mass is 32.2. The van der Waals surface area contributed by atoms with E-state index in [1.807, 2.05) is 17.0 Å². The first-order valence-corrected chi connectivity index (χ1v) is 7.56. The standard InChI is InChI=1S/C12H15N3O2S/c13-8-10-1-2-12(11(7-10)9-14)15-3-5-18(16,17)6-4-15/h1-2,7H,3-6,8,13H2. The normalized spacial score (nSPS) is 18.3. The minimum atomic E-state index is -2.90. The summed E-state index contributed by atoms with van der Waals surface area (Å²) in [6.07, 6.45) is 0. The second kappa shape index (κ2) is 4.96. The Hall–Kier alpha value is -1.58. The van der Waals surface area contributed by atoms with E-state index in [1.165, 1.54) is 0 Å². The Balaban J connectivity index is 2.27. The van der Waals surface area contributed by atoms with E-state index in [-0.39, 0.29) is 11.5 Å². The highest BCUT2D eigenvalue weighted by Crippen LogP contribution is 2.23. The number of anilines is 1. The van der Waals surface area contributed by atoms with Crippen molar-refractivity contribution in [1.29, 1.82) is 5.26 Å². The molecule has 1 fully saturated rings. The van der Waals surface area contributed by atoms with Crippen molar-refractivity contribution in [2.75, 3.05) is 29.5 Å². The smallest absolute Gasteiger partial charge is 0.153 e. The number of benzene rings is 1. The van der Waals surface area contributed by atoms with Crippen LogP contribution in [0.25, 0.3) is 0 Å². The topological polar surface area (TPSA) is 87.2 Å². The van der Waals surface area contributed by atoms with E-state index >= 15 is 0 Å². The predicted molar refractivity (Wildman–Crippen MR) is 69.9 cm³/mol. The number of rotatable bonds is 2. The lowest BCUT2D eigenvalue weighted by Crippen LogP contribution is -2.40. The first-order valence-electron chi connectivity index (χ1n) is 5.74. The Bertz CT molecular complexity index is 576. The van der Waals surface area contributed by atoms with Crippen molar-refractivity contribution in [2.24, 2.45) is 5.73 Å². The molecule has 0 amide bonds. The van der Waals surface area contributed by atoms with Crippen molar-refractivity contribution in [3.63, 3.8) is 0 Å². The van der Waals surface area contributed by atoms with Gasteiger partial charge in [0.2, 0.25) is 0 Å². The molecule has 0 bridgehead atoms. The molecule has 0 aliphatic carbocycles. The molecule has 18 heavy (non-hydrogen) atoms. The van der Waals surface area contributed by atoms with Crippen LogP contribution in [0.15, 0.2) is 18.2 Å². The van der Waals surface area contributed by atoms with Gasteiger partial charge in [0.05, 0.1) is 22.8 Å². The molecule has 1 aliphatic heterocycles. The number of nitrogens with two attached hydrogens (primary N) is 1. The van der Waals surface area contributed by atoms with Crippen LogP contribution in [-0.2, 0) is 16.4 Å². The fourth-order valence-electron chi connectivity index (χ4n) is 2.03. The largest absolute Gasteiger partial charge is 0.368 e. The lowest BCUT2D eigenvalue weighted by Gasteiger charge is -2.29. The number of sulfone groups is 1. The van der Waals surface area contributed by atoms with Crippen molar-refractivity contribution < 1.29 is 8.42 Å². The van der Waals surface area contributed by atoms with Crippen LogP contribution in [0.1, 0.15) is 11.1 Å². The van der Waals surface area contributed by atoms with Gasteiger partial charge in [0.15, 0.2) is 9.84 Å². The summed E-state index contributed by atoms with van der Waals surface area (Å²) in [6, 6.07) is 7.62. The fourth-order valence-corrected chi connectivity index (χ4v) is 3.23. The van der Waals surface area contributed by atoms with Gasteiger partial charge in [-0.25, -0.2) is 8.42 Å². The molecule has 0 spiro atoms. The number of hydrogen-bond donors (Lipinski definition) is 1. The van der Waals surface area contributed by atoms with Gasteiger partial charge in [0, 0.05) is 19.6 Å². The molecule has 1 saturated heterocycles. The quantitative estimate of drug-likeness (QED) is 0.828. The molecule has 1 aromatic rings. The summed E-state index contributed by atoms with van der Waals surface area (Å²) in [7, 11) is -2.90. The molecule has 1 aromatic carbocycles. The van der Waals surface area contributed by atoms with E-state index in [9.17, 15) is 8.42 Å². The second-order valence-electron chi connectivity index (χ2n) is 4.31. The van der Waals surface area contributed by atoms with Gasteiger partial charge in [-0.2, -0.15) is 5.26 Å². The maximum Gasteiger partial charge on any atom is 0.153 e. The van der Waals surface area contributed by atoms with Crippen LogP contribution in [0.2, 0.25) is 0 Å². The van der Waals surface area contributed by atoms with Gasteiger partial charge in [0.1, 0.15) is 6.07 Å². The molecule has 1 aliphatic rings. The summed E-state index contributed by atoms with van der Waals surface area (Å²) >= 11 is 0. The third kappa shape index (κ3) is 2.63. The van der Waals surface area contributed by atoms with E-state index in [0.29, 0.717) is 25.2 Å². The van der Waals surface area contributed by atoms with E-state index in [2.05, 4.69) is 6.07 Å². The zero-order valence-corrected chi connectivity index (χ0v) is 10.8. The lowest BCUT2D eigenvalue weighted by atomic mass is 10.1. The Labute approximate surface area is 107 Å². The third-order valence-corrected chi connectivity index (χ3v) is 4.71. The Morgan fingerprint density at radius 1 is 1.33 bits per heavy atom. The second-order valence-corrected chi connectivity index (χ2v) is 6.61. The van der Waals surface area contributed by atoms with E-state index in [1.54, 1.807) is 6.07 Å². The molecule has 5 nitrogen and oxygen atoms in total. The first-order chi connectivity index (χ1) is 8.55. The average Bonchev–Trinajstić information content (AvgIpc) is 2.38. The summed E-state index contributed by atoms with van der Waals surface area (Å²) in [5.74, 6) is 0.299. The lowest BCUT2D eigenvalue weighted by molar-refractivity contribution is 0.587. The molecule has 96 valence electrons. The van der Waals surface area contributed by atoms with Crippen LogP contribution >= 0.6 is 0 Å². The zero-order chi connectivity index (χ0) is 13.2. The van der Waals surface area contributed by atoms with Crippen molar-refractivity contribution in [3.05, 3.63) is 29.3 Å². The fraction of sp³-hybridized carbons (Fsp3) is 0.417. The summed E-state index contributed by atoms with van der Waals surface area (Å²) in [5, 5.41) is 9.14. The Kier molecular flexibility index (Phi) is 3.55. The van der Waals surface area contributed by atoms with Gasteiger partial charge >= 0.3 is 0 Å². The van der Waals surface area contributed by atoms with Crippen molar-refractivity contribution in [3.8, 4) is 6.07 Å². The van der Waals surface area contributed by atoms with Crippen molar-refractivity contribution in [2.45, 2.75) is 6.54 Å².